The van der Waals surface area contributed by atoms with Crippen LogP contribution in [0.15, 0.2) is 40.1 Å². The summed E-state index contributed by atoms with van der Waals surface area (Å²) >= 11 is 1.47. The minimum atomic E-state index is -0.112. The van der Waals surface area contributed by atoms with Gasteiger partial charge in [-0.1, -0.05) is 23.9 Å². The van der Waals surface area contributed by atoms with Crippen molar-refractivity contribution in [1.82, 2.24) is 24.6 Å². The lowest BCUT2D eigenvalue weighted by molar-refractivity contribution is 0.0767. The predicted octanol–water partition coefficient (Wildman–Crippen LogP) is 3.65. The van der Waals surface area contributed by atoms with E-state index >= 15 is 0 Å². The SMILES string of the molecule is CCN(CC)C(=O)c1coc(CSc2nnc(C)n2-c2cccc(C)c2)n1. The van der Waals surface area contributed by atoms with E-state index in [2.05, 4.69) is 34.2 Å². The van der Waals surface area contributed by atoms with Gasteiger partial charge in [0.1, 0.15) is 12.1 Å². The molecule has 0 fully saturated rings. The van der Waals surface area contributed by atoms with Crippen LogP contribution in [0, 0.1) is 13.8 Å². The van der Waals surface area contributed by atoms with Crippen molar-refractivity contribution >= 4 is 17.7 Å². The van der Waals surface area contributed by atoms with Gasteiger partial charge in [-0.05, 0) is 45.4 Å². The monoisotopic (exact) mass is 385 g/mol. The molecule has 0 N–H and O–H groups in total. The highest BCUT2D eigenvalue weighted by molar-refractivity contribution is 7.98. The summed E-state index contributed by atoms with van der Waals surface area (Å²) in [6, 6.07) is 8.18. The van der Waals surface area contributed by atoms with Crippen molar-refractivity contribution in [2.75, 3.05) is 13.1 Å². The van der Waals surface area contributed by atoms with Gasteiger partial charge >= 0.3 is 0 Å². The molecule has 0 aliphatic heterocycles. The minimum absolute atomic E-state index is 0.112. The van der Waals surface area contributed by atoms with Crippen LogP contribution in [0.25, 0.3) is 5.69 Å². The third-order valence-corrected chi connectivity index (χ3v) is 5.11. The normalized spacial score (nSPS) is 11.0. The summed E-state index contributed by atoms with van der Waals surface area (Å²) in [4.78, 5) is 18.4. The number of amides is 1. The Hall–Kier alpha value is -2.61. The number of aromatic nitrogens is 4. The first kappa shape index (κ1) is 19.2. The lowest BCUT2D eigenvalue weighted by atomic mass is 10.2. The third-order valence-electron chi connectivity index (χ3n) is 4.20. The van der Waals surface area contributed by atoms with E-state index in [1.54, 1.807) is 4.90 Å². The first-order chi connectivity index (χ1) is 13.0. The summed E-state index contributed by atoms with van der Waals surface area (Å²) in [6.45, 7) is 9.15. The van der Waals surface area contributed by atoms with Crippen LogP contribution >= 0.6 is 11.8 Å². The summed E-state index contributed by atoms with van der Waals surface area (Å²) in [5.74, 6) is 1.66. The minimum Gasteiger partial charge on any atom is -0.447 e. The molecule has 8 heteroatoms. The summed E-state index contributed by atoms with van der Waals surface area (Å²) in [5.41, 5.74) is 2.53. The summed E-state index contributed by atoms with van der Waals surface area (Å²) in [5, 5.41) is 9.22. The standard InChI is InChI=1S/C19H23N5O2S/c1-5-23(6-2)18(25)16-11-26-17(20-16)12-27-19-22-21-14(4)24(19)15-9-7-8-13(3)10-15/h7-11H,5-6,12H2,1-4H3. The van der Waals surface area contributed by atoms with Crippen LogP contribution < -0.4 is 0 Å². The molecule has 0 radical (unpaired) electrons. The average molecular weight is 385 g/mol. The summed E-state index contributed by atoms with van der Waals surface area (Å²) in [6.07, 6.45) is 1.42. The van der Waals surface area contributed by atoms with Gasteiger partial charge in [-0.15, -0.1) is 10.2 Å². The summed E-state index contributed by atoms with van der Waals surface area (Å²) < 4.78 is 7.48. The fourth-order valence-electron chi connectivity index (χ4n) is 2.78. The van der Waals surface area contributed by atoms with Crippen molar-refractivity contribution in [3.63, 3.8) is 0 Å². The fourth-order valence-corrected chi connectivity index (χ4v) is 3.63. The molecular formula is C19H23N5O2S. The maximum atomic E-state index is 12.3. The quantitative estimate of drug-likeness (QED) is 0.578. The van der Waals surface area contributed by atoms with E-state index in [1.807, 2.05) is 37.5 Å². The predicted molar refractivity (Wildman–Crippen MR) is 104 cm³/mol. The van der Waals surface area contributed by atoms with Crippen LogP contribution in [0.5, 0.6) is 0 Å². The van der Waals surface area contributed by atoms with Crippen molar-refractivity contribution in [2.24, 2.45) is 0 Å². The number of aryl methyl sites for hydroxylation is 2. The Kier molecular flexibility index (Phi) is 5.95. The molecular weight excluding hydrogens is 362 g/mol. The molecule has 0 saturated heterocycles. The van der Waals surface area contributed by atoms with Gasteiger partial charge < -0.3 is 9.32 Å². The molecule has 0 saturated carbocycles. The molecule has 1 aromatic carbocycles. The van der Waals surface area contributed by atoms with Crippen LogP contribution in [0.2, 0.25) is 0 Å². The van der Waals surface area contributed by atoms with Crippen molar-refractivity contribution in [3.8, 4) is 5.69 Å². The van der Waals surface area contributed by atoms with Gasteiger partial charge in [0, 0.05) is 18.8 Å². The maximum absolute atomic E-state index is 12.3. The molecule has 3 rings (SSSR count). The van der Waals surface area contributed by atoms with Crippen LogP contribution in [0.3, 0.4) is 0 Å². The molecule has 142 valence electrons. The molecule has 2 heterocycles. The van der Waals surface area contributed by atoms with Crippen LogP contribution in [0.4, 0.5) is 0 Å². The lowest BCUT2D eigenvalue weighted by Crippen LogP contribution is -2.30. The molecule has 27 heavy (non-hydrogen) atoms. The molecule has 0 unspecified atom stereocenters. The highest BCUT2D eigenvalue weighted by atomic mass is 32.2. The smallest absolute Gasteiger partial charge is 0.275 e. The largest absolute Gasteiger partial charge is 0.447 e. The van der Waals surface area contributed by atoms with Crippen molar-refractivity contribution in [2.45, 2.75) is 38.6 Å². The van der Waals surface area contributed by atoms with Gasteiger partial charge in [0.15, 0.2) is 10.9 Å². The van der Waals surface area contributed by atoms with E-state index in [-0.39, 0.29) is 5.91 Å². The molecule has 0 aliphatic rings. The zero-order valence-electron chi connectivity index (χ0n) is 16.0. The Bertz CT molecular complexity index is 930. The van der Waals surface area contributed by atoms with Gasteiger partial charge in [-0.2, -0.15) is 0 Å². The Balaban J connectivity index is 1.74. The van der Waals surface area contributed by atoms with Crippen LogP contribution in [-0.4, -0.2) is 43.6 Å². The molecule has 1 amide bonds. The Morgan fingerprint density at radius 3 is 2.70 bits per heavy atom. The van der Waals surface area contributed by atoms with E-state index in [4.69, 9.17) is 4.42 Å². The van der Waals surface area contributed by atoms with Crippen LogP contribution in [-0.2, 0) is 5.75 Å². The second-order valence-electron chi connectivity index (χ2n) is 6.10. The van der Waals surface area contributed by atoms with Gasteiger partial charge in [-0.3, -0.25) is 9.36 Å². The number of thioether (sulfide) groups is 1. The van der Waals surface area contributed by atoms with Crippen molar-refractivity contribution in [1.29, 1.82) is 0 Å². The van der Waals surface area contributed by atoms with E-state index in [0.29, 0.717) is 30.4 Å². The molecule has 2 aromatic heterocycles. The second kappa shape index (κ2) is 8.39. The molecule has 3 aromatic rings. The molecule has 7 nitrogen and oxygen atoms in total. The number of carbonyl (C=O) groups is 1. The van der Waals surface area contributed by atoms with E-state index < -0.39 is 0 Å². The highest BCUT2D eigenvalue weighted by Gasteiger charge is 2.18. The molecule has 0 spiro atoms. The zero-order valence-corrected chi connectivity index (χ0v) is 16.8. The van der Waals surface area contributed by atoms with E-state index in [1.165, 1.54) is 23.6 Å². The van der Waals surface area contributed by atoms with Crippen molar-refractivity contribution in [3.05, 3.63) is 53.5 Å². The van der Waals surface area contributed by atoms with Crippen LogP contribution in [0.1, 0.15) is 41.6 Å². The number of carbonyl (C=O) groups excluding carboxylic acids is 1. The molecule has 0 aliphatic carbocycles. The summed E-state index contributed by atoms with van der Waals surface area (Å²) in [7, 11) is 0. The number of hydrogen-bond acceptors (Lipinski definition) is 6. The van der Waals surface area contributed by atoms with E-state index in [9.17, 15) is 4.79 Å². The third kappa shape index (κ3) is 4.21. The van der Waals surface area contributed by atoms with Gasteiger partial charge in [0.2, 0.25) is 5.89 Å². The van der Waals surface area contributed by atoms with Crippen molar-refractivity contribution < 1.29 is 9.21 Å². The first-order valence-corrected chi connectivity index (χ1v) is 9.87. The zero-order chi connectivity index (χ0) is 19.4. The van der Waals surface area contributed by atoms with E-state index in [0.717, 1.165) is 16.7 Å². The fraction of sp³-hybridized carbons (Fsp3) is 0.368. The van der Waals surface area contributed by atoms with Gasteiger partial charge in [0.05, 0.1) is 5.75 Å². The maximum Gasteiger partial charge on any atom is 0.275 e. The first-order valence-electron chi connectivity index (χ1n) is 8.89. The number of rotatable bonds is 7. The lowest BCUT2D eigenvalue weighted by Gasteiger charge is -2.16. The Morgan fingerprint density at radius 2 is 2.00 bits per heavy atom. The van der Waals surface area contributed by atoms with Gasteiger partial charge in [-0.25, -0.2) is 4.98 Å². The Morgan fingerprint density at radius 1 is 1.22 bits per heavy atom. The Labute approximate surface area is 162 Å². The highest BCUT2D eigenvalue weighted by Crippen LogP contribution is 2.25. The average Bonchev–Trinajstić information content (AvgIpc) is 3.27. The number of nitrogens with zero attached hydrogens (tertiary/aromatic N) is 5. The number of benzene rings is 1. The second-order valence-corrected chi connectivity index (χ2v) is 7.04. The van der Waals surface area contributed by atoms with Gasteiger partial charge in [0.25, 0.3) is 5.91 Å². The molecule has 0 atom stereocenters. The topological polar surface area (TPSA) is 77.0 Å². The molecule has 0 bridgehead atoms. The number of oxazole rings is 1. The number of hydrogen-bond donors (Lipinski definition) is 0.